The van der Waals surface area contributed by atoms with Crippen LogP contribution in [0.2, 0.25) is 0 Å². The van der Waals surface area contributed by atoms with Crippen molar-refractivity contribution >= 4 is 35.2 Å². The van der Waals surface area contributed by atoms with Crippen molar-refractivity contribution in [2.24, 2.45) is 20.9 Å². The molecule has 1 aromatic carbocycles. The molecule has 6 nitrogen and oxygen atoms in total. The average Bonchev–Trinajstić information content (AvgIpc) is 3.09. The summed E-state index contributed by atoms with van der Waals surface area (Å²) in [4.78, 5) is 25.4. The molecule has 2 aromatic rings. The van der Waals surface area contributed by atoms with Crippen molar-refractivity contribution in [1.29, 1.82) is 0 Å². The number of hydrogen-bond donors (Lipinski definition) is 1. The van der Waals surface area contributed by atoms with E-state index in [1.807, 2.05) is 36.4 Å². The van der Waals surface area contributed by atoms with Gasteiger partial charge in [0.05, 0.1) is 12.0 Å². The first-order valence-corrected chi connectivity index (χ1v) is 7.12. The van der Waals surface area contributed by atoms with Crippen molar-refractivity contribution in [3.05, 3.63) is 60.6 Å². The summed E-state index contributed by atoms with van der Waals surface area (Å²) in [5, 5.41) is 2.72. The van der Waals surface area contributed by atoms with Crippen LogP contribution >= 0.6 is 0 Å². The molecule has 1 atom stereocenters. The van der Waals surface area contributed by atoms with Crippen LogP contribution in [-0.2, 0) is 4.79 Å². The minimum atomic E-state index is -0.583. The van der Waals surface area contributed by atoms with Gasteiger partial charge in [-0.15, -0.1) is 0 Å². The lowest BCUT2D eigenvalue weighted by Gasteiger charge is -2.24. The van der Waals surface area contributed by atoms with Crippen LogP contribution in [0.4, 0.5) is 5.69 Å². The number of nitrogens with zero attached hydrogens (tertiary/aromatic N) is 3. The summed E-state index contributed by atoms with van der Waals surface area (Å²) in [5.41, 5.74) is 1.45. The number of benzene rings is 1. The van der Waals surface area contributed by atoms with E-state index in [1.54, 1.807) is 24.6 Å². The topological polar surface area (TPSA) is 79.3 Å². The maximum atomic E-state index is 12.5. The number of rotatable bonds is 2. The third kappa shape index (κ3) is 2.50. The van der Waals surface area contributed by atoms with Gasteiger partial charge in [0.1, 0.15) is 17.5 Å². The Morgan fingerprint density at radius 2 is 2.00 bits per heavy atom. The lowest BCUT2D eigenvalue weighted by atomic mass is 9.92. The number of amides is 1. The van der Waals surface area contributed by atoms with Crippen molar-refractivity contribution < 1.29 is 9.21 Å². The molecular formula is C17H12N4O2. The maximum absolute atomic E-state index is 12.5. The Hall–Kier alpha value is -3.28. The van der Waals surface area contributed by atoms with Gasteiger partial charge in [0.2, 0.25) is 11.9 Å². The molecule has 1 N–H and O–H groups in total. The minimum absolute atomic E-state index is 0.218. The predicted molar refractivity (Wildman–Crippen MR) is 87.8 cm³/mol. The summed E-state index contributed by atoms with van der Waals surface area (Å²) in [6.45, 7) is 0. The summed E-state index contributed by atoms with van der Waals surface area (Å²) in [6.07, 6.45) is 4.95. The van der Waals surface area contributed by atoms with Crippen LogP contribution in [0.15, 0.2) is 74.2 Å². The SMILES string of the molecule is O=C1NC(=Nc2ccccc2)N=C2N=CC=C(c3ccco3)C12. The predicted octanol–water partition coefficient (Wildman–Crippen LogP) is 2.58. The van der Waals surface area contributed by atoms with Crippen molar-refractivity contribution in [2.75, 3.05) is 0 Å². The fourth-order valence-electron chi connectivity index (χ4n) is 2.52. The molecule has 0 fully saturated rings. The highest BCUT2D eigenvalue weighted by Crippen LogP contribution is 2.29. The van der Waals surface area contributed by atoms with Gasteiger partial charge in [0.15, 0.2) is 0 Å². The van der Waals surface area contributed by atoms with Crippen LogP contribution in [0.3, 0.4) is 0 Å². The zero-order valence-electron chi connectivity index (χ0n) is 12.0. The maximum Gasteiger partial charge on any atom is 0.242 e. The zero-order chi connectivity index (χ0) is 15.6. The van der Waals surface area contributed by atoms with E-state index in [-0.39, 0.29) is 11.9 Å². The second-order valence-corrected chi connectivity index (χ2v) is 5.04. The Morgan fingerprint density at radius 1 is 1.13 bits per heavy atom. The first-order chi connectivity index (χ1) is 11.3. The number of nitrogens with one attached hydrogen (secondary N) is 1. The van der Waals surface area contributed by atoms with Crippen LogP contribution < -0.4 is 5.32 Å². The van der Waals surface area contributed by atoms with Gasteiger partial charge >= 0.3 is 0 Å². The fraction of sp³-hybridized carbons (Fsp3) is 0.0588. The molecule has 3 heterocycles. The van der Waals surface area contributed by atoms with Gasteiger partial charge in [0, 0.05) is 11.8 Å². The third-order valence-corrected chi connectivity index (χ3v) is 3.54. The van der Waals surface area contributed by atoms with E-state index in [0.717, 1.165) is 5.57 Å². The summed E-state index contributed by atoms with van der Waals surface area (Å²) >= 11 is 0. The molecule has 4 rings (SSSR count). The highest BCUT2D eigenvalue weighted by atomic mass is 16.3. The molecule has 0 saturated carbocycles. The lowest BCUT2D eigenvalue weighted by molar-refractivity contribution is -0.120. The molecule has 2 aliphatic heterocycles. The van der Waals surface area contributed by atoms with E-state index < -0.39 is 5.92 Å². The van der Waals surface area contributed by atoms with Crippen LogP contribution in [0.1, 0.15) is 5.76 Å². The second-order valence-electron chi connectivity index (χ2n) is 5.04. The number of carbonyl (C=O) groups excluding carboxylic acids is 1. The highest BCUT2D eigenvalue weighted by Gasteiger charge is 2.36. The Morgan fingerprint density at radius 3 is 2.78 bits per heavy atom. The van der Waals surface area contributed by atoms with E-state index in [1.165, 1.54) is 0 Å². The van der Waals surface area contributed by atoms with Crippen LogP contribution in [0.25, 0.3) is 5.57 Å². The van der Waals surface area contributed by atoms with Crippen molar-refractivity contribution in [3.8, 4) is 0 Å². The van der Waals surface area contributed by atoms with Crippen LogP contribution in [-0.4, -0.2) is 23.9 Å². The molecule has 6 heteroatoms. The van der Waals surface area contributed by atoms with Gasteiger partial charge in [0.25, 0.3) is 0 Å². The number of amidine groups is 1. The quantitative estimate of drug-likeness (QED) is 0.925. The third-order valence-electron chi connectivity index (χ3n) is 3.54. The number of aliphatic imine (C=N–C) groups is 3. The molecule has 1 amide bonds. The molecule has 1 unspecified atom stereocenters. The largest absolute Gasteiger partial charge is 0.465 e. The van der Waals surface area contributed by atoms with E-state index in [0.29, 0.717) is 17.3 Å². The number of guanidine groups is 1. The molecule has 2 aliphatic rings. The first-order valence-electron chi connectivity index (χ1n) is 7.12. The van der Waals surface area contributed by atoms with Crippen LogP contribution in [0, 0.1) is 5.92 Å². The van der Waals surface area contributed by atoms with Gasteiger partial charge in [-0.05, 0) is 30.3 Å². The standard InChI is InChI=1S/C17H12N4O2/c22-16-14-12(13-7-4-10-23-13)8-9-18-15(14)20-17(21-16)19-11-5-2-1-3-6-11/h1-10,14H,(H,19,21,22). The summed E-state index contributed by atoms with van der Waals surface area (Å²) < 4.78 is 5.40. The van der Waals surface area contributed by atoms with E-state index >= 15 is 0 Å². The zero-order valence-corrected chi connectivity index (χ0v) is 12.0. The molecule has 112 valence electrons. The Balaban J connectivity index is 1.72. The molecular weight excluding hydrogens is 292 g/mol. The Kier molecular flexibility index (Phi) is 3.20. The molecule has 1 aromatic heterocycles. The smallest absolute Gasteiger partial charge is 0.242 e. The first kappa shape index (κ1) is 13.4. The normalized spacial score (nSPS) is 21.5. The fourth-order valence-corrected chi connectivity index (χ4v) is 2.52. The molecule has 0 spiro atoms. The number of dihydropyridines is 1. The minimum Gasteiger partial charge on any atom is -0.465 e. The summed E-state index contributed by atoms with van der Waals surface area (Å²) in [5.74, 6) is 0.486. The summed E-state index contributed by atoms with van der Waals surface area (Å²) in [6, 6.07) is 12.9. The highest BCUT2D eigenvalue weighted by molar-refractivity contribution is 6.26. The molecule has 0 radical (unpaired) electrons. The molecule has 0 bridgehead atoms. The van der Waals surface area contributed by atoms with Crippen molar-refractivity contribution in [3.63, 3.8) is 0 Å². The van der Waals surface area contributed by atoms with E-state index in [2.05, 4.69) is 20.3 Å². The van der Waals surface area contributed by atoms with Crippen LogP contribution in [0.5, 0.6) is 0 Å². The average molecular weight is 304 g/mol. The van der Waals surface area contributed by atoms with Gasteiger partial charge < -0.3 is 4.42 Å². The van der Waals surface area contributed by atoms with Gasteiger partial charge in [-0.1, -0.05) is 18.2 Å². The van der Waals surface area contributed by atoms with Crippen molar-refractivity contribution in [2.45, 2.75) is 0 Å². The Bertz CT molecular complexity index is 861. The number of furan rings is 1. The van der Waals surface area contributed by atoms with Gasteiger partial charge in [-0.3, -0.25) is 10.1 Å². The molecule has 0 saturated heterocycles. The number of fused-ring (bicyclic) bond motifs is 1. The number of hydrogen-bond acceptors (Lipinski definition) is 4. The summed E-state index contributed by atoms with van der Waals surface area (Å²) in [7, 11) is 0. The number of carbonyl (C=O) groups is 1. The Labute approximate surface area is 132 Å². The molecule has 0 aliphatic carbocycles. The molecule has 23 heavy (non-hydrogen) atoms. The number of allylic oxidation sites excluding steroid dienone is 1. The second kappa shape index (κ2) is 5.49. The lowest BCUT2D eigenvalue weighted by Crippen LogP contribution is -2.44. The van der Waals surface area contributed by atoms with Gasteiger partial charge in [-0.25, -0.2) is 9.98 Å². The van der Waals surface area contributed by atoms with Gasteiger partial charge in [-0.2, -0.15) is 4.99 Å². The van der Waals surface area contributed by atoms with E-state index in [9.17, 15) is 4.79 Å². The van der Waals surface area contributed by atoms with Crippen molar-refractivity contribution in [1.82, 2.24) is 5.32 Å². The monoisotopic (exact) mass is 304 g/mol. The van der Waals surface area contributed by atoms with E-state index in [4.69, 9.17) is 4.42 Å². The number of para-hydroxylation sites is 1.